The molecule has 0 aromatic heterocycles. The van der Waals surface area contributed by atoms with Crippen LogP contribution in [0.3, 0.4) is 0 Å². The molecule has 7 heteroatoms. The van der Waals surface area contributed by atoms with Crippen molar-refractivity contribution in [3.63, 3.8) is 0 Å². The zero-order chi connectivity index (χ0) is 21.3. The summed E-state index contributed by atoms with van der Waals surface area (Å²) in [6.07, 6.45) is 1.64. The number of aliphatic imine (C=N–C) groups is 1. The molecule has 0 saturated carbocycles. The highest BCUT2D eigenvalue weighted by Gasteiger charge is 2.32. The number of carbonyl (C=O) groups is 1. The first-order valence-electron chi connectivity index (χ1n) is 9.14. The predicted octanol–water partition coefficient (Wildman–Crippen LogP) is 5.50. The van der Waals surface area contributed by atoms with Crippen molar-refractivity contribution in [3.8, 4) is 0 Å². The van der Waals surface area contributed by atoms with Crippen LogP contribution in [0.5, 0.6) is 0 Å². The van der Waals surface area contributed by atoms with Crippen LogP contribution in [0.15, 0.2) is 88.0 Å². The Kier molecular flexibility index (Phi) is 5.29. The van der Waals surface area contributed by atoms with Crippen molar-refractivity contribution < 1.29 is 9.72 Å². The van der Waals surface area contributed by atoms with E-state index >= 15 is 0 Å². The van der Waals surface area contributed by atoms with Crippen LogP contribution in [0, 0.1) is 17.0 Å². The summed E-state index contributed by atoms with van der Waals surface area (Å²) in [5.41, 5.74) is 3.54. The summed E-state index contributed by atoms with van der Waals surface area (Å²) in [7, 11) is 0. The molecule has 3 aromatic rings. The molecule has 0 aliphatic carbocycles. The Balaban J connectivity index is 1.79. The quantitative estimate of drug-likeness (QED) is 0.292. The van der Waals surface area contributed by atoms with Crippen molar-refractivity contribution >= 4 is 45.1 Å². The van der Waals surface area contributed by atoms with Gasteiger partial charge in [0.25, 0.3) is 11.6 Å². The molecule has 0 radical (unpaired) electrons. The number of amidine groups is 1. The molecule has 0 atom stereocenters. The summed E-state index contributed by atoms with van der Waals surface area (Å²) in [6.45, 7) is 2.00. The molecule has 0 N–H and O–H groups in total. The monoisotopic (exact) mass is 461 g/mol. The minimum Gasteiger partial charge on any atom is -0.266 e. The van der Waals surface area contributed by atoms with Gasteiger partial charge in [-0.25, -0.2) is 4.99 Å². The number of non-ortho nitro benzene ring substituents is 1. The number of carbonyl (C=O) groups excluding carboxylic acids is 1. The number of nitro groups is 1. The molecule has 148 valence electrons. The molecule has 0 fully saturated rings. The summed E-state index contributed by atoms with van der Waals surface area (Å²) >= 11 is 3.45. The lowest BCUT2D eigenvalue weighted by molar-refractivity contribution is -0.384. The van der Waals surface area contributed by atoms with E-state index in [9.17, 15) is 14.9 Å². The Morgan fingerprint density at radius 1 is 1.03 bits per heavy atom. The van der Waals surface area contributed by atoms with E-state index in [-0.39, 0.29) is 17.3 Å². The van der Waals surface area contributed by atoms with Gasteiger partial charge in [-0.3, -0.25) is 19.8 Å². The number of nitrogens with zero attached hydrogens (tertiary/aromatic N) is 3. The lowest BCUT2D eigenvalue weighted by Crippen LogP contribution is -2.32. The molecule has 0 spiro atoms. The number of benzene rings is 3. The van der Waals surface area contributed by atoms with Crippen LogP contribution >= 0.6 is 15.9 Å². The van der Waals surface area contributed by atoms with E-state index in [1.54, 1.807) is 23.1 Å². The van der Waals surface area contributed by atoms with Gasteiger partial charge in [0.2, 0.25) is 0 Å². The fraction of sp³-hybridized carbons (Fsp3) is 0.0435. The zero-order valence-electron chi connectivity index (χ0n) is 15.9. The van der Waals surface area contributed by atoms with Crippen molar-refractivity contribution in [2.24, 2.45) is 4.99 Å². The van der Waals surface area contributed by atoms with E-state index in [0.717, 1.165) is 15.6 Å². The number of hydrogen-bond donors (Lipinski definition) is 0. The molecule has 3 aromatic carbocycles. The maximum atomic E-state index is 13.3. The third-order valence-corrected chi connectivity index (χ3v) is 5.14. The Labute approximate surface area is 181 Å². The highest BCUT2D eigenvalue weighted by molar-refractivity contribution is 9.10. The third-order valence-electron chi connectivity index (χ3n) is 4.64. The fourth-order valence-electron chi connectivity index (χ4n) is 3.12. The zero-order valence-corrected chi connectivity index (χ0v) is 17.5. The number of hydrogen-bond acceptors (Lipinski definition) is 4. The Morgan fingerprint density at radius 3 is 2.37 bits per heavy atom. The molecule has 0 saturated heterocycles. The second-order valence-corrected chi connectivity index (χ2v) is 7.72. The summed E-state index contributed by atoms with van der Waals surface area (Å²) in [4.78, 5) is 29.9. The van der Waals surface area contributed by atoms with Gasteiger partial charge in [0.1, 0.15) is 11.5 Å². The average molecular weight is 462 g/mol. The summed E-state index contributed by atoms with van der Waals surface area (Å²) in [5.74, 6) is 0.272. The standard InChI is InChI=1S/C23H16BrN3O3/c1-15-5-9-17(10-6-15)22-25-21(13-16-7-11-19(12-8-16)27(29)30)23(28)26(22)20-4-2-3-18(24)14-20/h2-14H,1H3. The van der Waals surface area contributed by atoms with Gasteiger partial charge >= 0.3 is 0 Å². The number of amides is 1. The van der Waals surface area contributed by atoms with Gasteiger partial charge in [-0.15, -0.1) is 0 Å². The number of nitro benzene ring substituents is 1. The molecule has 0 bridgehead atoms. The van der Waals surface area contributed by atoms with Gasteiger partial charge in [0.05, 0.1) is 10.6 Å². The minimum atomic E-state index is -0.458. The van der Waals surface area contributed by atoms with Crippen LogP contribution < -0.4 is 4.90 Å². The Hall–Kier alpha value is -3.58. The molecule has 1 amide bonds. The lowest BCUT2D eigenvalue weighted by Gasteiger charge is -2.19. The SMILES string of the molecule is Cc1ccc(C2=NC(=Cc3ccc([N+](=O)[O-])cc3)C(=O)N2c2cccc(Br)c2)cc1. The fourth-order valence-corrected chi connectivity index (χ4v) is 3.50. The van der Waals surface area contributed by atoms with Crippen molar-refractivity contribution in [1.29, 1.82) is 0 Å². The van der Waals surface area contributed by atoms with Crippen LogP contribution in [0.25, 0.3) is 6.08 Å². The Bertz CT molecular complexity index is 1200. The van der Waals surface area contributed by atoms with Crippen molar-refractivity contribution in [1.82, 2.24) is 0 Å². The van der Waals surface area contributed by atoms with Crippen molar-refractivity contribution in [3.05, 3.63) is 110 Å². The summed E-state index contributed by atoms with van der Waals surface area (Å²) in [6, 6.07) is 21.3. The van der Waals surface area contributed by atoms with Crippen LogP contribution in [0.4, 0.5) is 11.4 Å². The van der Waals surface area contributed by atoms with Gasteiger partial charge < -0.3 is 0 Å². The van der Waals surface area contributed by atoms with Gasteiger partial charge in [-0.2, -0.15) is 0 Å². The summed E-state index contributed by atoms with van der Waals surface area (Å²) < 4.78 is 0.851. The normalized spacial score (nSPS) is 14.9. The molecule has 6 nitrogen and oxygen atoms in total. The van der Waals surface area contributed by atoms with Gasteiger partial charge in [-0.1, -0.05) is 51.8 Å². The number of rotatable bonds is 4. The highest BCUT2D eigenvalue weighted by Crippen LogP contribution is 2.30. The summed E-state index contributed by atoms with van der Waals surface area (Å²) in [5, 5.41) is 10.9. The first-order valence-corrected chi connectivity index (χ1v) is 9.93. The third kappa shape index (κ3) is 3.92. The maximum Gasteiger partial charge on any atom is 0.282 e. The average Bonchev–Trinajstić information content (AvgIpc) is 3.05. The minimum absolute atomic E-state index is 0.00509. The second-order valence-electron chi connectivity index (χ2n) is 6.80. The van der Waals surface area contributed by atoms with Crippen LogP contribution in [0.2, 0.25) is 0 Å². The molecule has 4 rings (SSSR count). The highest BCUT2D eigenvalue weighted by atomic mass is 79.9. The first kappa shape index (κ1) is 19.7. The van der Waals surface area contributed by atoms with E-state index in [4.69, 9.17) is 0 Å². The molecule has 1 heterocycles. The van der Waals surface area contributed by atoms with E-state index < -0.39 is 4.92 Å². The lowest BCUT2D eigenvalue weighted by atomic mass is 10.1. The van der Waals surface area contributed by atoms with Gasteiger partial charge in [0.15, 0.2) is 0 Å². The van der Waals surface area contributed by atoms with E-state index in [1.165, 1.54) is 12.1 Å². The van der Waals surface area contributed by atoms with E-state index in [1.807, 2.05) is 55.5 Å². The number of anilines is 1. The van der Waals surface area contributed by atoms with Crippen molar-refractivity contribution in [2.75, 3.05) is 4.90 Å². The number of aryl methyl sites for hydroxylation is 1. The van der Waals surface area contributed by atoms with Crippen LogP contribution in [-0.4, -0.2) is 16.7 Å². The van der Waals surface area contributed by atoms with Gasteiger partial charge in [0, 0.05) is 22.2 Å². The maximum absolute atomic E-state index is 13.3. The molecule has 1 aliphatic rings. The number of halogens is 1. The largest absolute Gasteiger partial charge is 0.282 e. The van der Waals surface area contributed by atoms with Crippen LogP contribution in [-0.2, 0) is 4.79 Å². The first-order chi connectivity index (χ1) is 14.4. The molecule has 0 unspecified atom stereocenters. The smallest absolute Gasteiger partial charge is 0.266 e. The van der Waals surface area contributed by atoms with E-state index in [2.05, 4.69) is 20.9 Å². The molecule has 1 aliphatic heterocycles. The molecular formula is C23H16BrN3O3. The second kappa shape index (κ2) is 8.04. The molecular weight excluding hydrogens is 446 g/mol. The predicted molar refractivity (Wildman–Crippen MR) is 120 cm³/mol. The van der Waals surface area contributed by atoms with Gasteiger partial charge in [-0.05, 0) is 48.9 Å². The Morgan fingerprint density at radius 2 is 1.73 bits per heavy atom. The van der Waals surface area contributed by atoms with Crippen LogP contribution in [0.1, 0.15) is 16.7 Å². The molecule has 30 heavy (non-hydrogen) atoms. The topological polar surface area (TPSA) is 75.8 Å². The van der Waals surface area contributed by atoms with E-state index in [0.29, 0.717) is 17.1 Å². The van der Waals surface area contributed by atoms with Crippen molar-refractivity contribution in [2.45, 2.75) is 6.92 Å².